The van der Waals surface area contributed by atoms with Crippen molar-refractivity contribution in [2.45, 2.75) is 0 Å². The van der Waals surface area contributed by atoms with Crippen LogP contribution in [0, 0.1) is 0 Å². The fourth-order valence-electron chi connectivity index (χ4n) is 3.39. The van der Waals surface area contributed by atoms with Crippen LogP contribution in [-0.2, 0) is 0 Å². The molecule has 4 rings (SSSR count). The Balaban J connectivity index is 1.44. The third-order valence-corrected chi connectivity index (χ3v) is 5.04. The van der Waals surface area contributed by atoms with Crippen molar-refractivity contribution in [2.75, 3.05) is 43.0 Å². The highest BCUT2D eigenvalue weighted by atomic mass is 16.2. The third-order valence-electron chi connectivity index (χ3n) is 5.04. The molecule has 1 amide bonds. The summed E-state index contributed by atoms with van der Waals surface area (Å²) < 4.78 is 0. The van der Waals surface area contributed by atoms with Gasteiger partial charge in [-0.3, -0.25) is 9.78 Å². The number of pyridine rings is 2. The normalized spacial score (nSPS) is 14.0. The summed E-state index contributed by atoms with van der Waals surface area (Å²) in [6, 6.07) is 17.9. The summed E-state index contributed by atoms with van der Waals surface area (Å²) in [7, 11) is 1.98. The first-order chi connectivity index (χ1) is 13.7. The number of aromatic nitrogens is 2. The summed E-state index contributed by atoms with van der Waals surface area (Å²) in [4.78, 5) is 27.8. The van der Waals surface area contributed by atoms with Gasteiger partial charge in [0.25, 0.3) is 5.91 Å². The maximum Gasteiger partial charge on any atom is 0.255 e. The minimum Gasteiger partial charge on any atom is -0.353 e. The van der Waals surface area contributed by atoms with E-state index in [9.17, 15) is 4.79 Å². The van der Waals surface area contributed by atoms with E-state index < -0.39 is 0 Å². The van der Waals surface area contributed by atoms with E-state index in [-0.39, 0.29) is 5.91 Å². The average molecular weight is 373 g/mol. The Bertz CT molecular complexity index is 924. The number of carbonyl (C=O) groups excluding carboxylic acids is 1. The Hall–Kier alpha value is -3.41. The molecule has 0 N–H and O–H groups in total. The molecule has 0 saturated carbocycles. The molecule has 0 spiro atoms. The number of nitrogens with zero attached hydrogens (tertiary/aromatic N) is 5. The highest BCUT2D eigenvalue weighted by Crippen LogP contribution is 2.23. The molecule has 6 nitrogen and oxygen atoms in total. The first-order valence-electron chi connectivity index (χ1n) is 9.41. The molecule has 3 aromatic rings. The van der Waals surface area contributed by atoms with Gasteiger partial charge < -0.3 is 14.7 Å². The van der Waals surface area contributed by atoms with Gasteiger partial charge in [-0.25, -0.2) is 4.98 Å². The van der Waals surface area contributed by atoms with Gasteiger partial charge in [-0.1, -0.05) is 24.3 Å². The number of hydrogen-bond donors (Lipinski definition) is 0. The summed E-state index contributed by atoms with van der Waals surface area (Å²) in [5.41, 5.74) is 2.56. The quantitative estimate of drug-likeness (QED) is 0.703. The molecule has 2 aromatic heterocycles. The maximum atomic E-state index is 13.0. The highest BCUT2D eigenvalue weighted by Gasteiger charge is 2.23. The molecule has 1 aliphatic rings. The number of amides is 1. The standard InChI is InChI=1S/C22H23N5O/c1-25(19-7-3-2-4-8-19)20-15-18(16-23-17-20)22(28)27-13-11-26(12-14-27)21-9-5-6-10-24-21/h2-10,15-17H,11-14H2,1H3. The third kappa shape index (κ3) is 3.81. The predicted molar refractivity (Wildman–Crippen MR) is 111 cm³/mol. The number of hydrogen-bond acceptors (Lipinski definition) is 5. The van der Waals surface area contributed by atoms with Gasteiger partial charge in [0.05, 0.1) is 17.4 Å². The molecule has 28 heavy (non-hydrogen) atoms. The number of rotatable bonds is 4. The fourth-order valence-corrected chi connectivity index (χ4v) is 3.39. The van der Waals surface area contributed by atoms with E-state index in [1.54, 1.807) is 18.6 Å². The second-order valence-corrected chi connectivity index (χ2v) is 6.79. The Labute approximate surface area is 165 Å². The van der Waals surface area contributed by atoms with Crippen LogP contribution in [0.4, 0.5) is 17.2 Å². The molecule has 1 fully saturated rings. The summed E-state index contributed by atoms with van der Waals surface area (Å²) in [5, 5.41) is 0. The Morgan fingerprint density at radius 2 is 1.68 bits per heavy atom. The number of carbonyl (C=O) groups is 1. The summed E-state index contributed by atoms with van der Waals surface area (Å²) >= 11 is 0. The molecular formula is C22H23N5O. The van der Waals surface area contributed by atoms with Crippen molar-refractivity contribution >= 4 is 23.1 Å². The molecular weight excluding hydrogens is 350 g/mol. The van der Waals surface area contributed by atoms with Gasteiger partial charge >= 0.3 is 0 Å². The highest BCUT2D eigenvalue weighted by molar-refractivity contribution is 5.95. The molecule has 0 aliphatic carbocycles. The van der Waals surface area contributed by atoms with Crippen LogP contribution < -0.4 is 9.80 Å². The molecule has 0 atom stereocenters. The van der Waals surface area contributed by atoms with Crippen LogP contribution in [0.3, 0.4) is 0 Å². The average Bonchev–Trinajstić information content (AvgIpc) is 2.79. The van der Waals surface area contributed by atoms with Crippen molar-refractivity contribution in [2.24, 2.45) is 0 Å². The van der Waals surface area contributed by atoms with Gasteiger partial charge in [0, 0.05) is 51.3 Å². The van der Waals surface area contributed by atoms with Crippen molar-refractivity contribution in [3.63, 3.8) is 0 Å². The van der Waals surface area contributed by atoms with E-state index in [0.29, 0.717) is 18.7 Å². The van der Waals surface area contributed by atoms with Crippen molar-refractivity contribution in [3.05, 3.63) is 78.8 Å². The van der Waals surface area contributed by atoms with Crippen LogP contribution in [-0.4, -0.2) is 54.0 Å². The topological polar surface area (TPSA) is 52.6 Å². The SMILES string of the molecule is CN(c1ccccc1)c1cncc(C(=O)N2CCN(c3ccccn3)CC2)c1. The maximum absolute atomic E-state index is 13.0. The van der Waals surface area contributed by atoms with Crippen molar-refractivity contribution < 1.29 is 4.79 Å². The van der Waals surface area contributed by atoms with Gasteiger partial charge in [-0.2, -0.15) is 0 Å². The largest absolute Gasteiger partial charge is 0.353 e. The minimum absolute atomic E-state index is 0.0245. The van der Waals surface area contributed by atoms with Gasteiger partial charge in [0.1, 0.15) is 5.82 Å². The number of anilines is 3. The Kier molecular flexibility index (Phi) is 5.19. The lowest BCUT2D eigenvalue weighted by Crippen LogP contribution is -2.49. The van der Waals surface area contributed by atoms with Gasteiger partial charge in [0.2, 0.25) is 0 Å². The van der Waals surface area contributed by atoms with Crippen molar-refractivity contribution in [3.8, 4) is 0 Å². The Morgan fingerprint density at radius 1 is 0.929 bits per heavy atom. The molecule has 142 valence electrons. The predicted octanol–water partition coefficient (Wildman–Crippen LogP) is 3.21. The zero-order chi connectivity index (χ0) is 19.3. The summed E-state index contributed by atoms with van der Waals surface area (Å²) in [5.74, 6) is 0.985. The smallest absolute Gasteiger partial charge is 0.255 e. The second-order valence-electron chi connectivity index (χ2n) is 6.79. The van der Waals surface area contributed by atoms with E-state index in [2.05, 4.69) is 14.9 Å². The second kappa shape index (κ2) is 8.08. The molecule has 6 heteroatoms. The lowest BCUT2D eigenvalue weighted by Gasteiger charge is -2.35. The van der Waals surface area contributed by atoms with E-state index in [4.69, 9.17) is 0 Å². The molecule has 1 saturated heterocycles. The zero-order valence-corrected chi connectivity index (χ0v) is 15.9. The first kappa shape index (κ1) is 18.0. The van der Waals surface area contributed by atoms with E-state index in [1.165, 1.54) is 0 Å². The van der Waals surface area contributed by atoms with Crippen LogP contribution in [0.5, 0.6) is 0 Å². The number of benzene rings is 1. The fraction of sp³-hybridized carbons (Fsp3) is 0.227. The van der Waals surface area contributed by atoms with Gasteiger partial charge in [-0.15, -0.1) is 0 Å². The van der Waals surface area contributed by atoms with Crippen molar-refractivity contribution in [1.82, 2.24) is 14.9 Å². The number of piperazine rings is 1. The molecule has 1 aliphatic heterocycles. The number of para-hydroxylation sites is 1. The summed E-state index contributed by atoms with van der Waals surface area (Å²) in [6.07, 6.45) is 5.23. The first-order valence-corrected chi connectivity index (χ1v) is 9.41. The monoisotopic (exact) mass is 373 g/mol. The van der Waals surface area contributed by atoms with Gasteiger partial charge in [0.15, 0.2) is 0 Å². The van der Waals surface area contributed by atoms with E-state index in [0.717, 1.165) is 30.3 Å². The van der Waals surface area contributed by atoms with E-state index in [1.807, 2.05) is 71.4 Å². The molecule has 0 bridgehead atoms. The van der Waals surface area contributed by atoms with Crippen LogP contribution in [0.15, 0.2) is 73.2 Å². The molecule has 0 unspecified atom stereocenters. The van der Waals surface area contributed by atoms with Crippen molar-refractivity contribution in [1.29, 1.82) is 0 Å². The van der Waals surface area contributed by atoms with Crippen LogP contribution >= 0.6 is 0 Å². The van der Waals surface area contributed by atoms with Crippen LogP contribution in [0.1, 0.15) is 10.4 Å². The van der Waals surface area contributed by atoms with Crippen LogP contribution in [0.25, 0.3) is 0 Å². The van der Waals surface area contributed by atoms with Crippen LogP contribution in [0.2, 0.25) is 0 Å². The molecule has 0 radical (unpaired) electrons. The summed E-state index contributed by atoms with van der Waals surface area (Å²) in [6.45, 7) is 2.90. The molecule has 3 heterocycles. The lowest BCUT2D eigenvalue weighted by molar-refractivity contribution is 0.0746. The molecule has 1 aromatic carbocycles. The zero-order valence-electron chi connectivity index (χ0n) is 15.9. The lowest BCUT2D eigenvalue weighted by atomic mass is 10.2. The van der Waals surface area contributed by atoms with E-state index >= 15 is 0 Å². The Morgan fingerprint density at radius 3 is 2.39 bits per heavy atom. The minimum atomic E-state index is 0.0245. The van der Waals surface area contributed by atoms with Gasteiger partial charge in [-0.05, 0) is 30.3 Å².